The summed E-state index contributed by atoms with van der Waals surface area (Å²) in [6.45, 7) is 1.70. The van der Waals surface area contributed by atoms with Gasteiger partial charge in [-0.05, 0) is 37.1 Å². The number of carbonyl (C=O) groups is 2. The van der Waals surface area contributed by atoms with E-state index < -0.39 is 0 Å². The molecule has 0 saturated carbocycles. The Labute approximate surface area is 176 Å². The molecular weight excluding hydrogens is 386 g/mol. The Bertz CT molecular complexity index is 867. The average molecular weight is 413 g/mol. The van der Waals surface area contributed by atoms with Gasteiger partial charge in [-0.3, -0.25) is 9.59 Å². The molecule has 0 unspecified atom stereocenters. The summed E-state index contributed by atoms with van der Waals surface area (Å²) in [5.74, 6) is 1.19. The number of hydrogen-bond donors (Lipinski definition) is 2. The van der Waals surface area contributed by atoms with Crippen LogP contribution >= 0.6 is 0 Å². The minimum absolute atomic E-state index is 0.0548. The first kappa shape index (κ1) is 21.3. The molecule has 1 fully saturated rings. The van der Waals surface area contributed by atoms with E-state index in [0.717, 1.165) is 31.6 Å². The second kappa shape index (κ2) is 9.87. The van der Waals surface area contributed by atoms with Crippen LogP contribution in [0.1, 0.15) is 23.2 Å². The molecule has 1 saturated heterocycles. The first-order valence-electron chi connectivity index (χ1n) is 9.78. The lowest BCUT2D eigenvalue weighted by Gasteiger charge is -2.16. The van der Waals surface area contributed by atoms with E-state index in [1.807, 2.05) is 4.90 Å². The van der Waals surface area contributed by atoms with Gasteiger partial charge in [0.2, 0.25) is 11.7 Å². The summed E-state index contributed by atoms with van der Waals surface area (Å²) < 4.78 is 15.9. The molecule has 2 aromatic carbocycles. The third kappa shape index (κ3) is 4.94. The van der Waals surface area contributed by atoms with E-state index in [-0.39, 0.29) is 18.4 Å². The Morgan fingerprint density at radius 1 is 0.900 bits per heavy atom. The zero-order chi connectivity index (χ0) is 21.5. The molecular formula is C22H27N3O5. The van der Waals surface area contributed by atoms with Crippen molar-refractivity contribution in [2.24, 2.45) is 0 Å². The Morgan fingerprint density at radius 3 is 2.03 bits per heavy atom. The highest BCUT2D eigenvalue weighted by atomic mass is 16.5. The molecule has 30 heavy (non-hydrogen) atoms. The topological polar surface area (TPSA) is 89.1 Å². The lowest BCUT2D eigenvalue weighted by Crippen LogP contribution is -2.27. The maximum absolute atomic E-state index is 12.4. The smallest absolute Gasteiger partial charge is 0.253 e. The van der Waals surface area contributed by atoms with Gasteiger partial charge in [0.05, 0.1) is 27.9 Å². The van der Waals surface area contributed by atoms with Crippen LogP contribution in [-0.2, 0) is 4.79 Å². The molecule has 2 aromatic rings. The van der Waals surface area contributed by atoms with Gasteiger partial charge in [-0.1, -0.05) is 0 Å². The first-order chi connectivity index (χ1) is 14.5. The number of amides is 2. The summed E-state index contributed by atoms with van der Waals surface area (Å²) in [7, 11) is 4.55. The maximum Gasteiger partial charge on any atom is 0.253 e. The number of anilines is 2. The van der Waals surface area contributed by atoms with Gasteiger partial charge in [0.15, 0.2) is 11.5 Å². The largest absolute Gasteiger partial charge is 0.493 e. The van der Waals surface area contributed by atoms with E-state index in [2.05, 4.69) is 10.6 Å². The predicted molar refractivity (Wildman–Crippen MR) is 115 cm³/mol. The van der Waals surface area contributed by atoms with Crippen LogP contribution in [0.4, 0.5) is 11.4 Å². The van der Waals surface area contributed by atoms with E-state index >= 15 is 0 Å². The quantitative estimate of drug-likeness (QED) is 0.692. The Kier molecular flexibility index (Phi) is 7.00. The number of hydrogen-bond acceptors (Lipinski definition) is 6. The van der Waals surface area contributed by atoms with Crippen molar-refractivity contribution in [1.82, 2.24) is 4.90 Å². The Balaban J connectivity index is 1.57. The molecule has 2 N–H and O–H groups in total. The summed E-state index contributed by atoms with van der Waals surface area (Å²) in [5, 5.41) is 5.86. The van der Waals surface area contributed by atoms with Gasteiger partial charge < -0.3 is 29.7 Å². The number of nitrogens with zero attached hydrogens (tertiary/aromatic N) is 1. The lowest BCUT2D eigenvalue weighted by molar-refractivity contribution is -0.114. The molecule has 0 radical (unpaired) electrons. The molecule has 1 heterocycles. The fraction of sp³-hybridized carbons (Fsp3) is 0.364. The number of carbonyl (C=O) groups excluding carboxylic acids is 2. The van der Waals surface area contributed by atoms with Crippen LogP contribution in [0.2, 0.25) is 0 Å². The van der Waals surface area contributed by atoms with Gasteiger partial charge in [0.1, 0.15) is 0 Å². The summed E-state index contributed by atoms with van der Waals surface area (Å²) >= 11 is 0. The van der Waals surface area contributed by atoms with Gasteiger partial charge in [-0.2, -0.15) is 0 Å². The Hall–Kier alpha value is -3.42. The van der Waals surface area contributed by atoms with Gasteiger partial charge in [0, 0.05) is 42.2 Å². The van der Waals surface area contributed by atoms with Crippen LogP contribution in [0.25, 0.3) is 0 Å². The second-order valence-corrected chi connectivity index (χ2v) is 6.89. The predicted octanol–water partition coefficient (Wildman–Crippen LogP) is 3.00. The van der Waals surface area contributed by atoms with Crippen LogP contribution in [0.15, 0.2) is 36.4 Å². The van der Waals surface area contributed by atoms with Crippen LogP contribution in [0.5, 0.6) is 17.2 Å². The van der Waals surface area contributed by atoms with Crippen molar-refractivity contribution in [1.29, 1.82) is 0 Å². The first-order valence-corrected chi connectivity index (χ1v) is 9.78. The normalized spacial score (nSPS) is 13.0. The molecule has 0 aromatic heterocycles. The molecule has 0 aliphatic carbocycles. The molecule has 160 valence electrons. The van der Waals surface area contributed by atoms with Crippen molar-refractivity contribution in [3.8, 4) is 17.2 Å². The molecule has 1 aliphatic rings. The van der Waals surface area contributed by atoms with Crippen molar-refractivity contribution in [3.63, 3.8) is 0 Å². The maximum atomic E-state index is 12.4. The third-order valence-corrected chi connectivity index (χ3v) is 4.93. The van der Waals surface area contributed by atoms with Crippen LogP contribution in [-0.4, -0.2) is 57.7 Å². The minimum atomic E-state index is -0.235. The van der Waals surface area contributed by atoms with Gasteiger partial charge in [-0.15, -0.1) is 0 Å². The van der Waals surface area contributed by atoms with Crippen molar-refractivity contribution in [2.45, 2.75) is 12.8 Å². The standard InChI is InChI=1S/C22H27N3O5/c1-28-18-12-17(13-19(29-2)21(18)30-3)24-20(26)14-23-16-8-6-15(7-9-16)22(27)25-10-4-5-11-25/h6-9,12-13,23H,4-5,10-11,14H2,1-3H3,(H,24,26). The van der Waals surface area contributed by atoms with Crippen molar-refractivity contribution in [3.05, 3.63) is 42.0 Å². The summed E-state index contributed by atoms with van der Waals surface area (Å²) in [6.07, 6.45) is 2.12. The fourth-order valence-electron chi connectivity index (χ4n) is 3.37. The van der Waals surface area contributed by atoms with E-state index in [1.165, 1.54) is 21.3 Å². The minimum Gasteiger partial charge on any atom is -0.493 e. The van der Waals surface area contributed by atoms with Crippen molar-refractivity contribution >= 4 is 23.2 Å². The molecule has 8 heteroatoms. The highest BCUT2D eigenvalue weighted by Gasteiger charge is 2.19. The summed E-state index contributed by atoms with van der Waals surface area (Å²) in [5.41, 5.74) is 1.94. The number of ether oxygens (including phenoxy) is 3. The van der Waals surface area contributed by atoms with Crippen LogP contribution in [0.3, 0.4) is 0 Å². The van der Waals surface area contributed by atoms with E-state index in [0.29, 0.717) is 28.5 Å². The summed E-state index contributed by atoms with van der Waals surface area (Å²) in [6, 6.07) is 10.5. The number of nitrogens with one attached hydrogen (secondary N) is 2. The monoisotopic (exact) mass is 413 g/mol. The average Bonchev–Trinajstić information content (AvgIpc) is 3.31. The molecule has 3 rings (SSSR count). The molecule has 8 nitrogen and oxygen atoms in total. The van der Waals surface area contributed by atoms with Crippen molar-refractivity contribution < 1.29 is 23.8 Å². The molecule has 0 bridgehead atoms. The van der Waals surface area contributed by atoms with Gasteiger partial charge >= 0.3 is 0 Å². The molecule has 2 amide bonds. The highest BCUT2D eigenvalue weighted by Crippen LogP contribution is 2.39. The molecule has 0 atom stereocenters. The highest BCUT2D eigenvalue weighted by molar-refractivity contribution is 5.96. The fourth-order valence-corrected chi connectivity index (χ4v) is 3.37. The molecule has 1 aliphatic heterocycles. The van der Waals surface area contributed by atoms with Crippen molar-refractivity contribution in [2.75, 3.05) is 51.6 Å². The van der Waals surface area contributed by atoms with Gasteiger partial charge in [0.25, 0.3) is 5.91 Å². The van der Waals surface area contributed by atoms with E-state index in [1.54, 1.807) is 36.4 Å². The summed E-state index contributed by atoms with van der Waals surface area (Å²) in [4.78, 5) is 26.6. The van der Waals surface area contributed by atoms with E-state index in [9.17, 15) is 9.59 Å². The zero-order valence-electron chi connectivity index (χ0n) is 17.5. The van der Waals surface area contributed by atoms with Crippen LogP contribution in [0, 0.1) is 0 Å². The number of likely N-dealkylation sites (tertiary alicyclic amines) is 1. The number of rotatable bonds is 8. The number of methoxy groups -OCH3 is 3. The Morgan fingerprint density at radius 2 is 1.50 bits per heavy atom. The SMILES string of the molecule is COc1cc(NC(=O)CNc2ccc(C(=O)N3CCCC3)cc2)cc(OC)c1OC. The molecule has 0 spiro atoms. The lowest BCUT2D eigenvalue weighted by atomic mass is 10.2. The number of benzene rings is 2. The van der Waals surface area contributed by atoms with Gasteiger partial charge in [-0.25, -0.2) is 0 Å². The van der Waals surface area contributed by atoms with E-state index in [4.69, 9.17) is 14.2 Å². The second-order valence-electron chi connectivity index (χ2n) is 6.89. The zero-order valence-corrected chi connectivity index (χ0v) is 17.5. The van der Waals surface area contributed by atoms with Crippen LogP contribution < -0.4 is 24.8 Å². The third-order valence-electron chi connectivity index (χ3n) is 4.93.